The van der Waals surface area contributed by atoms with Crippen molar-refractivity contribution in [2.75, 3.05) is 12.8 Å². The minimum atomic E-state index is 0.683. The molecule has 0 radical (unpaired) electrons. The van der Waals surface area contributed by atoms with Crippen molar-refractivity contribution < 1.29 is 0 Å². The fourth-order valence-electron chi connectivity index (χ4n) is 1.11. The first kappa shape index (κ1) is 12.3. The van der Waals surface area contributed by atoms with E-state index in [0.29, 0.717) is 6.04 Å². The Balaban J connectivity index is 3.67. The van der Waals surface area contributed by atoms with E-state index in [-0.39, 0.29) is 0 Å². The lowest BCUT2D eigenvalue weighted by Crippen LogP contribution is -2.34. The zero-order valence-electron chi connectivity index (χ0n) is 9.05. The Hall–Kier alpha value is 0.310. The Kier molecular flexibility index (Phi) is 6.96. The van der Waals surface area contributed by atoms with Crippen LogP contribution in [0.25, 0.3) is 0 Å². The summed E-state index contributed by atoms with van der Waals surface area (Å²) in [7, 11) is 2.07. The van der Waals surface area contributed by atoms with Gasteiger partial charge < -0.3 is 5.32 Å². The Labute approximate surface area is 81.7 Å². The van der Waals surface area contributed by atoms with Gasteiger partial charge in [0.2, 0.25) is 0 Å². The van der Waals surface area contributed by atoms with E-state index in [0.717, 1.165) is 11.2 Å². The van der Waals surface area contributed by atoms with E-state index < -0.39 is 0 Å². The van der Waals surface area contributed by atoms with Crippen molar-refractivity contribution in [1.82, 2.24) is 5.32 Å². The Morgan fingerprint density at radius 1 is 1.25 bits per heavy atom. The first-order valence-corrected chi connectivity index (χ1v) is 5.95. The van der Waals surface area contributed by atoms with E-state index in [4.69, 9.17) is 0 Å². The molecule has 1 N–H and O–H groups in total. The molecule has 0 aliphatic heterocycles. The third kappa shape index (κ3) is 5.04. The number of rotatable bonds is 6. The van der Waals surface area contributed by atoms with Gasteiger partial charge in [-0.15, -0.1) is 0 Å². The number of thioether (sulfide) groups is 1. The van der Waals surface area contributed by atoms with E-state index in [1.54, 1.807) is 0 Å². The lowest BCUT2D eigenvalue weighted by atomic mass is 10.0. The molecule has 0 aromatic carbocycles. The first-order chi connectivity index (χ1) is 5.61. The SMILES string of the molecule is CCC(C)C(CSC(C)C)NC. The van der Waals surface area contributed by atoms with Crippen LogP contribution in [-0.4, -0.2) is 24.1 Å². The molecule has 74 valence electrons. The maximum Gasteiger partial charge on any atom is 0.0180 e. The van der Waals surface area contributed by atoms with Crippen molar-refractivity contribution in [3.8, 4) is 0 Å². The molecule has 0 saturated carbocycles. The predicted molar refractivity (Wildman–Crippen MR) is 59.9 cm³/mol. The van der Waals surface area contributed by atoms with Crippen molar-refractivity contribution >= 4 is 11.8 Å². The summed E-state index contributed by atoms with van der Waals surface area (Å²) in [6.07, 6.45) is 1.27. The van der Waals surface area contributed by atoms with Crippen molar-refractivity contribution in [2.24, 2.45) is 5.92 Å². The molecule has 0 amide bonds. The van der Waals surface area contributed by atoms with Crippen LogP contribution in [0.15, 0.2) is 0 Å². The fraction of sp³-hybridized carbons (Fsp3) is 1.00. The van der Waals surface area contributed by atoms with Crippen LogP contribution in [0.5, 0.6) is 0 Å². The van der Waals surface area contributed by atoms with Gasteiger partial charge in [-0.05, 0) is 18.2 Å². The molecule has 12 heavy (non-hydrogen) atoms. The summed E-state index contributed by atoms with van der Waals surface area (Å²) in [6.45, 7) is 9.10. The molecule has 0 fully saturated rings. The topological polar surface area (TPSA) is 12.0 Å². The summed E-state index contributed by atoms with van der Waals surface area (Å²) in [5, 5.41) is 4.14. The lowest BCUT2D eigenvalue weighted by Gasteiger charge is -2.22. The number of hydrogen-bond acceptors (Lipinski definition) is 2. The van der Waals surface area contributed by atoms with E-state index in [1.807, 2.05) is 11.8 Å². The highest BCUT2D eigenvalue weighted by Crippen LogP contribution is 2.16. The van der Waals surface area contributed by atoms with Crippen LogP contribution >= 0.6 is 11.8 Å². The minimum absolute atomic E-state index is 0.683. The van der Waals surface area contributed by atoms with Crippen LogP contribution in [0.2, 0.25) is 0 Å². The lowest BCUT2D eigenvalue weighted by molar-refractivity contribution is 0.420. The quantitative estimate of drug-likeness (QED) is 0.689. The number of nitrogens with one attached hydrogen (secondary N) is 1. The van der Waals surface area contributed by atoms with Gasteiger partial charge in [-0.25, -0.2) is 0 Å². The second-order valence-electron chi connectivity index (χ2n) is 3.66. The maximum absolute atomic E-state index is 3.39. The van der Waals surface area contributed by atoms with E-state index in [2.05, 4.69) is 40.1 Å². The van der Waals surface area contributed by atoms with Crippen molar-refractivity contribution in [3.05, 3.63) is 0 Å². The summed E-state index contributed by atoms with van der Waals surface area (Å²) >= 11 is 2.05. The average Bonchev–Trinajstić information content (AvgIpc) is 2.04. The molecule has 0 aromatic heterocycles. The molecule has 2 heteroatoms. The van der Waals surface area contributed by atoms with E-state index in [1.165, 1.54) is 12.2 Å². The highest BCUT2D eigenvalue weighted by atomic mass is 32.2. The highest BCUT2D eigenvalue weighted by molar-refractivity contribution is 7.99. The second kappa shape index (κ2) is 6.79. The van der Waals surface area contributed by atoms with Gasteiger partial charge in [-0.2, -0.15) is 11.8 Å². The highest BCUT2D eigenvalue weighted by Gasteiger charge is 2.13. The summed E-state index contributed by atoms with van der Waals surface area (Å²) < 4.78 is 0. The van der Waals surface area contributed by atoms with E-state index >= 15 is 0 Å². The Morgan fingerprint density at radius 3 is 2.17 bits per heavy atom. The van der Waals surface area contributed by atoms with Crippen LogP contribution in [0.1, 0.15) is 34.1 Å². The van der Waals surface area contributed by atoms with Gasteiger partial charge in [0.05, 0.1) is 0 Å². The first-order valence-electron chi connectivity index (χ1n) is 4.90. The van der Waals surface area contributed by atoms with Gasteiger partial charge in [0.25, 0.3) is 0 Å². The van der Waals surface area contributed by atoms with E-state index in [9.17, 15) is 0 Å². The van der Waals surface area contributed by atoms with Crippen molar-refractivity contribution in [2.45, 2.75) is 45.4 Å². The molecule has 0 aromatic rings. The molecular weight excluding hydrogens is 166 g/mol. The van der Waals surface area contributed by atoms with Gasteiger partial charge in [-0.3, -0.25) is 0 Å². The van der Waals surface area contributed by atoms with Crippen molar-refractivity contribution in [1.29, 1.82) is 0 Å². The normalized spacial score (nSPS) is 16.5. The monoisotopic (exact) mass is 189 g/mol. The molecule has 0 spiro atoms. The Bertz CT molecular complexity index is 104. The Morgan fingerprint density at radius 2 is 1.83 bits per heavy atom. The molecule has 1 nitrogen and oxygen atoms in total. The molecular formula is C10H23NS. The van der Waals surface area contributed by atoms with Gasteiger partial charge >= 0.3 is 0 Å². The minimum Gasteiger partial charge on any atom is -0.316 e. The largest absolute Gasteiger partial charge is 0.316 e. The summed E-state index contributed by atoms with van der Waals surface area (Å²) in [5.41, 5.74) is 0. The maximum atomic E-state index is 3.39. The third-order valence-corrected chi connectivity index (χ3v) is 3.53. The number of hydrogen-bond donors (Lipinski definition) is 1. The molecule has 0 rings (SSSR count). The third-order valence-electron chi connectivity index (χ3n) is 2.31. The van der Waals surface area contributed by atoms with Crippen LogP contribution in [0.4, 0.5) is 0 Å². The molecule has 0 bridgehead atoms. The van der Waals surface area contributed by atoms with Gasteiger partial charge in [0.15, 0.2) is 0 Å². The summed E-state index contributed by atoms with van der Waals surface area (Å²) in [6, 6.07) is 0.683. The molecule has 2 unspecified atom stereocenters. The fourth-order valence-corrected chi connectivity index (χ4v) is 2.20. The van der Waals surface area contributed by atoms with Gasteiger partial charge in [0.1, 0.15) is 0 Å². The zero-order valence-corrected chi connectivity index (χ0v) is 9.87. The van der Waals surface area contributed by atoms with Crippen LogP contribution in [-0.2, 0) is 0 Å². The second-order valence-corrected chi connectivity index (χ2v) is 5.27. The molecule has 0 aliphatic rings. The smallest absolute Gasteiger partial charge is 0.0180 e. The van der Waals surface area contributed by atoms with Gasteiger partial charge in [-0.1, -0.05) is 34.1 Å². The standard InChI is InChI=1S/C10H23NS/c1-6-9(4)10(11-5)7-12-8(2)3/h8-11H,6-7H2,1-5H3. The summed E-state index contributed by atoms with van der Waals surface area (Å²) in [4.78, 5) is 0. The van der Waals surface area contributed by atoms with Crippen LogP contribution < -0.4 is 5.32 Å². The van der Waals surface area contributed by atoms with Crippen molar-refractivity contribution in [3.63, 3.8) is 0 Å². The van der Waals surface area contributed by atoms with Gasteiger partial charge in [0, 0.05) is 11.8 Å². The molecule has 2 atom stereocenters. The van der Waals surface area contributed by atoms with Crippen LogP contribution in [0, 0.1) is 5.92 Å². The predicted octanol–water partition coefficient (Wildman–Crippen LogP) is 2.76. The zero-order chi connectivity index (χ0) is 9.56. The molecule has 0 heterocycles. The van der Waals surface area contributed by atoms with Crippen LogP contribution in [0.3, 0.4) is 0 Å². The molecule has 0 aliphatic carbocycles. The average molecular weight is 189 g/mol. The molecule has 0 saturated heterocycles. The summed E-state index contributed by atoms with van der Waals surface area (Å²) in [5.74, 6) is 2.03.